The fourth-order valence-corrected chi connectivity index (χ4v) is 1.95. The van der Waals surface area contributed by atoms with Gasteiger partial charge in [-0.3, -0.25) is 15.1 Å². The van der Waals surface area contributed by atoms with Gasteiger partial charge in [0.15, 0.2) is 0 Å². The number of benzene rings is 1. The Bertz CT molecular complexity index is 599. The number of rotatable bonds is 3. The first-order chi connectivity index (χ1) is 8.61. The van der Waals surface area contributed by atoms with Crippen LogP contribution in [0.2, 0.25) is 0 Å². The van der Waals surface area contributed by atoms with Gasteiger partial charge in [-0.05, 0) is 18.6 Å². The van der Waals surface area contributed by atoms with E-state index in [2.05, 4.69) is 4.98 Å². The molecule has 0 atom stereocenters. The summed E-state index contributed by atoms with van der Waals surface area (Å²) in [7, 11) is 0. The number of nitro benzene ring substituents is 1. The van der Waals surface area contributed by atoms with Gasteiger partial charge >= 0.3 is 0 Å². The van der Waals surface area contributed by atoms with Gasteiger partial charge in [0.25, 0.3) is 5.69 Å². The smallest absolute Gasteiger partial charge is 0.258 e. The van der Waals surface area contributed by atoms with Crippen molar-refractivity contribution in [1.82, 2.24) is 4.98 Å². The molecule has 92 valence electrons. The third-order valence-electron chi connectivity index (χ3n) is 2.69. The molecule has 0 aliphatic carbocycles. The van der Waals surface area contributed by atoms with Crippen LogP contribution in [0, 0.1) is 17.0 Å². The van der Waals surface area contributed by atoms with Gasteiger partial charge in [-0.2, -0.15) is 0 Å². The minimum Gasteiger partial charge on any atom is -0.258 e. The molecule has 0 radical (unpaired) electrons. The van der Waals surface area contributed by atoms with Gasteiger partial charge in [0.2, 0.25) is 0 Å². The molecule has 0 fully saturated rings. The Balaban J connectivity index is 2.45. The lowest BCUT2D eigenvalue weighted by molar-refractivity contribution is -0.384. The van der Waals surface area contributed by atoms with E-state index in [1.54, 1.807) is 12.1 Å². The number of hydrogen-bond donors (Lipinski definition) is 0. The molecule has 0 saturated carbocycles. The van der Waals surface area contributed by atoms with E-state index in [0.29, 0.717) is 11.6 Å². The maximum atomic E-state index is 10.7. The Kier molecular flexibility index (Phi) is 3.58. The van der Waals surface area contributed by atoms with Crippen LogP contribution in [0.3, 0.4) is 0 Å². The SMILES string of the molecule is Cc1nc(-c2cccc([N+](=O)[O-])c2)ccc1CCl. The highest BCUT2D eigenvalue weighted by molar-refractivity contribution is 6.17. The zero-order chi connectivity index (χ0) is 13.1. The third kappa shape index (κ3) is 2.49. The maximum Gasteiger partial charge on any atom is 0.270 e. The van der Waals surface area contributed by atoms with E-state index in [9.17, 15) is 10.1 Å². The highest BCUT2D eigenvalue weighted by Gasteiger charge is 2.08. The standard InChI is InChI=1S/C13H11ClN2O2/c1-9-11(8-14)5-6-13(15-9)10-3-2-4-12(7-10)16(17)18/h2-7H,8H2,1H3. The van der Waals surface area contributed by atoms with Crippen molar-refractivity contribution < 1.29 is 4.92 Å². The number of aryl methyl sites for hydroxylation is 1. The van der Waals surface area contributed by atoms with Gasteiger partial charge in [-0.15, -0.1) is 11.6 Å². The average Bonchev–Trinajstić information content (AvgIpc) is 2.38. The van der Waals surface area contributed by atoms with Crippen LogP contribution in [0.4, 0.5) is 5.69 Å². The number of pyridine rings is 1. The van der Waals surface area contributed by atoms with Crippen molar-refractivity contribution in [3.05, 3.63) is 57.8 Å². The summed E-state index contributed by atoms with van der Waals surface area (Å²) in [5.74, 6) is 0.411. The number of aromatic nitrogens is 1. The van der Waals surface area contributed by atoms with Crippen molar-refractivity contribution in [2.24, 2.45) is 0 Å². The first-order valence-electron chi connectivity index (χ1n) is 5.39. The highest BCUT2D eigenvalue weighted by Crippen LogP contribution is 2.23. The number of halogens is 1. The largest absolute Gasteiger partial charge is 0.270 e. The van der Waals surface area contributed by atoms with Crippen LogP contribution in [0.1, 0.15) is 11.3 Å². The third-order valence-corrected chi connectivity index (χ3v) is 2.98. The average molecular weight is 263 g/mol. The number of alkyl halides is 1. The number of non-ortho nitro benzene ring substituents is 1. The molecule has 2 rings (SSSR count). The van der Waals surface area contributed by atoms with Crippen molar-refractivity contribution in [2.75, 3.05) is 0 Å². The van der Waals surface area contributed by atoms with Gasteiger partial charge in [-0.1, -0.05) is 18.2 Å². The van der Waals surface area contributed by atoms with Crippen molar-refractivity contribution in [3.8, 4) is 11.3 Å². The summed E-state index contributed by atoms with van der Waals surface area (Å²) in [5.41, 5.74) is 3.31. The van der Waals surface area contributed by atoms with Gasteiger partial charge < -0.3 is 0 Å². The summed E-state index contributed by atoms with van der Waals surface area (Å²) in [6.45, 7) is 1.87. The van der Waals surface area contributed by atoms with Crippen LogP contribution in [0.15, 0.2) is 36.4 Å². The zero-order valence-electron chi connectivity index (χ0n) is 9.76. The molecular formula is C13H11ClN2O2. The molecule has 0 N–H and O–H groups in total. The van der Waals surface area contributed by atoms with Crippen LogP contribution < -0.4 is 0 Å². The van der Waals surface area contributed by atoms with Crippen molar-refractivity contribution in [1.29, 1.82) is 0 Å². The minimum atomic E-state index is -0.413. The lowest BCUT2D eigenvalue weighted by Crippen LogP contribution is -1.93. The van der Waals surface area contributed by atoms with E-state index in [1.165, 1.54) is 12.1 Å². The molecule has 0 aliphatic rings. The quantitative estimate of drug-likeness (QED) is 0.481. The fourth-order valence-electron chi connectivity index (χ4n) is 1.67. The van der Waals surface area contributed by atoms with E-state index in [-0.39, 0.29) is 5.69 Å². The Morgan fingerprint density at radius 3 is 2.72 bits per heavy atom. The number of hydrogen-bond acceptors (Lipinski definition) is 3. The maximum absolute atomic E-state index is 10.7. The topological polar surface area (TPSA) is 56.0 Å². The van der Waals surface area contributed by atoms with Crippen LogP contribution >= 0.6 is 11.6 Å². The Morgan fingerprint density at radius 2 is 2.11 bits per heavy atom. The molecule has 1 aromatic heterocycles. The molecule has 18 heavy (non-hydrogen) atoms. The second-order valence-corrected chi connectivity index (χ2v) is 4.15. The Hall–Kier alpha value is -1.94. The van der Waals surface area contributed by atoms with Crippen molar-refractivity contribution >= 4 is 17.3 Å². The summed E-state index contributed by atoms with van der Waals surface area (Å²) < 4.78 is 0. The molecule has 0 bridgehead atoms. The van der Waals surface area contributed by atoms with Gasteiger partial charge in [-0.25, -0.2) is 0 Å². The second kappa shape index (κ2) is 5.14. The molecule has 5 heteroatoms. The molecule has 1 heterocycles. The monoisotopic (exact) mass is 262 g/mol. The van der Waals surface area contributed by atoms with E-state index < -0.39 is 4.92 Å². The summed E-state index contributed by atoms with van der Waals surface area (Å²) in [6, 6.07) is 10.1. The van der Waals surface area contributed by atoms with Crippen LogP contribution in [0.25, 0.3) is 11.3 Å². The molecule has 0 saturated heterocycles. The second-order valence-electron chi connectivity index (χ2n) is 3.88. The lowest BCUT2D eigenvalue weighted by Gasteiger charge is -2.05. The molecule has 4 nitrogen and oxygen atoms in total. The summed E-state index contributed by atoms with van der Waals surface area (Å²) in [5, 5.41) is 10.7. The number of nitrogens with zero attached hydrogens (tertiary/aromatic N) is 2. The predicted molar refractivity (Wildman–Crippen MR) is 70.6 cm³/mol. The van der Waals surface area contributed by atoms with Crippen LogP contribution in [0.5, 0.6) is 0 Å². The van der Waals surface area contributed by atoms with E-state index in [0.717, 1.165) is 16.8 Å². The van der Waals surface area contributed by atoms with E-state index >= 15 is 0 Å². The molecule has 0 amide bonds. The van der Waals surface area contributed by atoms with Gasteiger partial charge in [0.05, 0.1) is 10.6 Å². The number of nitro groups is 1. The van der Waals surface area contributed by atoms with E-state index in [4.69, 9.17) is 11.6 Å². The molecule has 0 unspecified atom stereocenters. The molecule has 2 aromatic rings. The molecule has 0 aliphatic heterocycles. The van der Waals surface area contributed by atoms with Crippen molar-refractivity contribution in [3.63, 3.8) is 0 Å². The molecular weight excluding hydrogens is 252 g/mol. The van der Waals surface area contributed by atoms with Gasteiger partial charge in [0, 0.05) is 29.3 Å². The summed E-state index contributed by atoms with van der Waals surface area (Å²) in [4.78, 5) is 14.7. The molecule has 0 spiro atoms. The minimum absolute atomic E-state index is 0.0633. The van der Waals surface area contributed by atoms with Crippen LogP contribution in [-0.2, 0) is 5.88 Å². The summed E-state index contributed by atoms with van der Waals surface area (Å²) in [6.07, 6.45) is 0. The van der Waals surface area contributed by atoms with Crippen molar-refractivity contribution in [2.45, 2.75) is 12.8 Å². The van der Waals surface area contributed by atoms with Crippen LogP contribution in [-0.4, -0.2) is 9.91 Å². The van der Waals surface area contributed by atoms with E-state index in [1.807, 2.05) is 19.1 Å². The predicted octanol–water partition coefficient (Wildman–Crippen LogP) is 3.70. The zero-order valence-corrected chi connectivity index (χ0v) is 10.5. The fraction of sp³-hybridized carbons (Fsp3) is 0.154. The first-order valence-corrected chi connectivity index (χ1v) is 5.92. The lowest BCUT2D eigenvalue weighted by atomic mass is 10.1. The summed E-state index contributed by atoms with van der Waals surface area (Å²) >= 11 is 5.77. The van der Waals surface area contributed by atoms with Gasteiger partial charge in [0.1, 0.15) is 0 Å². The first kappa shape index (κ1) is 12.5. The highest BCUT2D eigenvalue weighted by atomic mass is 35.5. The Labute approximate surface area is 109 Å². The normalized spacial score (nSPS) is 10.3. The molecule has 1 aromatic carbocycles. The Morgan fingerprint density at radius 1 is 1.33 bits per heavy atom.